The van der Waals surface area contributed by atoms with E-state index in [2.05, 4.69) is 20.4 Å². The first-order valence-electron chi connectivity index (χ1n) is 8.49. The maximum Gasteiger partial charge on any atom is 0.227 e. The van der Waals surface area contributed by atoms with Crippen molar-refractivity contribution in [3.8, 4) is 0 Å². The highest BCUT2D eigenvalue weighted by Gasteiger charge is 2.36. The van der Waals surface area contributed by atoms with E-state index in [0.717, 1.165) is 13.0 Å². The number of piperidine rings is 1. The van der Waals surface area contributed by atoms with Gasteiger partial charge in [0.1, 0.15) is 0 Å². The van der Waals surface area contributed by atoms with E-state index in [4.69, 9.17) is 4.52 Å². The maximum atomic E-state index is 12.2. The molecule has 2 atom stereocenters. The molecule has 2 aliphatic rings. The molecule has 1 N–H and O–H groups in total. The Balaban J connectivity index is 1.46. The lowest BCUT2D eigenvalue weighted by molar-refractivity contribution is -0.122. The van der Waals surface area contributed by atoms with Gasteiger partial charge in [-0.15, -0.1) is 0 Å². The number of aryl methyl sites for hydroxylation is 1. The lowest BCUT2D eigenvalue weighted by Gasteiger charge is -2.32. The van der Waals surface area contributed by atoms with Crippen molar-refractivity contribution in [2.75, 3.05) is 13.1 Å². The molecule has 0 aliphatic carbocycles. The summed E-state index contributed by atoms with van der Waals surface area (Å²) >= 11 is 0. The van der Waals surface area contributed by atoms with Gasteiger partial charge in [0.2, 0.25) is 11.8 Å². The highest BCUT2D eigenvalue weighted by Crippen LogP contribution is 2.27. The number of carbonyl (C=O) groups is 1. The van der Waals surface area contributed by atoms with Crippen LogP contribution in [0.2, 0.25) is 0 Å². The third kappa shape index (κ3) is 3.48. The average Bonchev–Trinajstić information content (AvgIpc) is 3.13. The number of aromatic nitrogens is 2. The van der Waals surface area contributed by atoms with Gasteiger partial charge in [0.15, 0.2) is 5.82 Å². The van der Waals surface area contributed by atoms with Crippen molar-refractivity contribution in [1.82, 2.24) is 20.4 Å². The number of rotatable bonds is 5. The summed E-state index contributed by atoms with van der Waals surface area (Å²) < 4.78 is 5.18. The van der Waals surface area contributed by atoms with Gasteiger partial charge in [0.25, 0.3) is 0 Å². The molecular formula is C16H26N4O2. The summed E-state index contributed by atoms with van der Waals surface area (Å²) in [7, 11) is 0. The Morgan fingerprint density at radius 1 is 1.36 bits per heavy atom. The van der Waals surface area contributed by atoms with Crippen LogP contribution >= 0.6 is 0 Å². The normalized spacial score (nSPS) is 25.4. The number of amides is 1. The van der Waals surface area contributed by atoms with Crippen LogP contribution in [0, 0.1) is 0 Å². The molecule has 2 saturated heterocycles. The van der Waals surface area contributed by atoms with Gasteiger partial charge >= 0.3 is 0 Å². The standard InChI is InChI=1S/C16H26N4O2/c1-11(2)16-18-15(22-19-16)7-6-14(21)17-12-8-10-20-9-4-3-5-13(12)20/h11-13H,3-10H2,1-2H3,(H,17,21)/t12-,13+/m0/s1. The lowest BCUT2D eigenvalue weighted by Crippen LogP contribution is -2.46. The number of hydrogen-bond acceptors (Lipinski definition) is 5. The number of fused-ring (bicyclic) bond motifs is 1. The van der Waals surface area contributed by atoms with Gasteiger partial charge in [0, 0.05) is 37.4 Å². The average molecular weight is 306 g/mol. The third-order valence-corrected chi connectivity index (χ3v) is 4.77. The Bertz CT molecular complexity index is 514. The van der Waals surface area contributed by atoms with Crippen molar-refractivity contribution in [2.45, 2.75) is 70.4 Å². The van der Waals surface area contributed by atoms with E-state index in [-0.39, 0.29) is 11.8 Å². The fourth-order valence-corrected chi connectivity index (χ4v) is 3.52. The van der Waals surface area contributed by atoms with Crippen LogP contribution in [0.15, 0.2) is 4.52 Å². The van der Waals surface area contributed by atoms with Crippen molar-refractivity contribution < 1.29 is 9.32 Å². The summed E-state index contributed by atoms with van der Waals surface area (Å²) in [5, 5.41) is 7.13. The molecule has 122 valence electrons. The first-order chi connectivity index (χ1) is 10.6. The van der Waals surface area contributed by atoms with Crippen molar-refractivity contribution in [3.63, 3.8) is 0 Å². The summed E-state index contributed by atoms with van der Waals surface area (Å²) in [6.45, 7) is 6.36. The summed E-state index contributed by atoms with van der Waals surface area (Å²) in [4.78, 5) is 19.0. The first-order valence-corrected chi connectivity index (χ1v) is 8.49. The van der Waals surface area contributed by atoms with Crippen LogP contribution in [0.25, 0.3) is 0 Å². The summed E-state index contributed by atoms with van der Waals surface area (Å²) in [5.74, 6) is 1.62. The van der Waals surface area contributed by atoms with Crippen molar-refractivity contribution in [2.24, 2.45) is 0 Å². The van der Waals surface area contributed by atoms with Crippen molar-refractivity contribution in [1.29, 1.82) is 0 Å². The zero-order valence-corrected chi connectivity index (χ0v) is 13.5. The molecule has 2 aliphatic heterocycles. The Kier molecular flexibility index (Phi) is 4.76. The molecule has 6 heteroatoms. The van der Waals surface area contributed by atoms with Gasteiger partial charge in [-0.05, 0) is 25.8 Å². The predicted octanol–water partition coefficient (Wildman–Crippen LogP) is 1.87. The molecule has 6 nitrogen and oxygen atoms in total. The second kappa shape index (κ2) is 6.77. The minimum Gasteiger partial charge on any atom is -0.352 e. The van der Waals surface area contributed by atoms with Gasteiger partial charge in [-0.1, -0.05) is 25.4 Å². The zero-order valence-electron chi connectivity index (χ0n) is 13.5. The molecule has 0 aromatic carbocycles. The van der Waals surface area contributed by atoms with E-state index in [1.807, 2.05) is 13.8 Å². The second-order valence-corrected chi connectivity index (χ2v) is 6.76. The van der Waals surface area contributed by atoms with Crippen LogP contribution in [-0.4, -0.2) is 46.1 Å². The molecule has 1 aromatic rings. The summed E-state index contributed by atoms with van der Waals surface area (Å²) in [6, 6.07) is 0.871. The molecular weight excluding hydrogens is 280 g/mol. The Labute approximate surface area is 131 Å². The predicted molar refractivity (Wildman–Crippen MR) is 82.5 cm³/mol. The quantitative estimate of drug-likeness (QED) is 0.899. The lowest BCUT2D eigenvalue weighted by atomic mass is 9.99. The molecule has 0 spiro atoms. The van der Waals surface area contributed by atoms with Crippen LogP contribution in [0.5, 0.6) is 0 Å². The fourth-order valence-electron chi connectivity index (χ4n) is 3.52. The Hall–Kier alpha value is -1.43. The van der Waals surface area contributed by atoms with Gasteiger partial charge in [0.05, 0.1) is 0 Å². The molecule has 3 heterocycles. The molecule has 2 fully saturated rings. The summed E-state index contributed by atoms with van der Waals surface area (Å²) in [5.41, 5.74) is 0. The highest BCUT2D eigenvalue weighted by atomic mass is 16.5. The first kappa shape index (κ1) is 15.5. The second-order valence-electron chi connectivity index (χ2n) is 6.76. The number of hydrogen-bond donors (Lipinski definition) is 1. The van der Waals surface area contributed by atoms with Crippen LogP contribution < -0.4 is 5.32 Å². The SMILES string of the molecule is CC(C)c1noc(CCC(=O)N[C@H]2CCN3CCCC[C@H]23)n1. The minimum absolute atomic E-state index is 0.0988. The smallest absolute Gasteiger partial charge is 0.227 e. The van der Waals surface area contributed by atoms with E-state index in [1.54, 1.807) is 0 Å². The van der Waals surface area contributed by atoms with E-state index >= 15 is 0 Å². The topological polar surface area (TPSA) is 71.3 Å². The Morgan fingerprint density at radius 2 is 2.23 bits per heavy atom. The minimum atomic E-state index is 0.0988. The van der Waals surface area contributed by atoms with Crippen LogP contribution in [0.4, 0.5) is 0 Å². The number of nitrogens with one attached hydrogen (secondary N) is 1. The Morgan fingerprint density at radius 3 is 3.00 bits per heavy atom. The maximum absolute atomic E-state index is 12.2. The monoisotopic (exact) mass is 306 g/mol. The molecule has 0 unspecified atom stereocenters. The van der Waals surface area contributed by atoms with Gasteiger partial charge in [-0.3, -0.25) is 9.69 Å². The fraction of sp³-hybridized carbons (Fsp3) is 0.812. The molecule has 1 aromatic heterocycles. The van der Waals surface area contributed by atoms with E-state index in [9.17, 15) is 4.79 Å². The molecule has 1 amide bonds. The molecule has 22 heavy (non-hydrogen) atoms. The van der Waals surface area contributed by atoms with Crippen molar-refractivity contribution in [3.05, 3.63) is 11.7 Å². The molecule has 0 saturated carbocycles. The zero-order chi connectivity index (χ0) is 15.5. The number of nitrogens with zero attached hydrogens (tertiary/aromatic N) is 3. The number of carbonyl (C=O) groups excluding carboxylic acids is 1. The molecule has 0 radical (unpaired) electrons. The van der Waals surface area contributed by atoms with E-state index in [0.29, 0.717) is 36.6 Å². The summed E-state index contributed by atoms with van der Waals surface area (Å²) in [6.07, 6.45) is 5.82. The van der Waals surface area contributed by atoms with Gasteiger partial charge in [-0.2, -0.15) is 4.98 Å². The van der Waals surface area contributed by atoms with E-state index < -0.39 is 0 Å². The largest absolute Gasteiger partial charge is 0.352 e. The molecule has 0 bridgehead atoms. The third-order valence-electron chi connectivity index (χ3n) is 4.77. The van der Waals surface area contributed by atoms with E-state index in [1.165, 1.54) is 25.8 Å². The van der Waals surface area contributed by atoms with Crippen molar-refractivity contribution >= 4 is 5.91 Å². The van der Waals surface area contributed by atoms with Gasteiger partial charge in [-0.25, -0.2) is 0 Å². The van der Waals surface area contributed by atoms with Crippen LogP contribution in [0.1, 0.15) is 63.6 Å². The van der Waals surface area contributed by atoms with Gasteiger partial charge < -0.3 is 9.84 Å². The molecule has 3 rings (SSSR count). The van der Waals surface area contributed by atoms with Crippen LogP contribution in [0.3, 0.4) is 0 Å². The van der Waals surface area contributed by atoms with Crippen LogP contribution in [-0.2, 0) is 11.2 Å². The highest BCUT2D eigenvalue weighted by molar-refractivity contribution is 5.76.